The van der Waals surface area contributed by atoms with Crippen molar-refractivity contribution in [3.05, 3.63) is 5.69 Å². The maximum absolute atomic E-state index is 11.3. The van der Waals surface area contributed by atoms with Gasteiger partial charge in [-0.2, -0.15) is 0 Å². The highest BCUT2D eigenvalue weighted by molar-refractivity contribution is 5.87. The van der Waals surface area contributed by atoms with Crippen molar-refractivity contribution in [2.24, 2.45) is 23.7 Å². The van der Waals surface area contributed by atoms with Crippen LogP contribution in [0, 0.1) is 23.7 Å². The molecule has 0 aromatic carbocycles. The quantitative estimate of drug-likeness (QED) is 0.847. The van der Waals surface area contributed by atoms with E-state index in [2.05, 4.69) is 10.3 Å². The number of hydrogen-bond donors (Lipinski definition) is 2. The lowest BCUT2D eigenvalue weighted by molar-refractivity contribution is -0.0353. The summed E-state index contributed by atoms with van der Waals surface area (Å²) in [6.45, 7) is 0. The average molecular weight is 263 g/mol. The normalized spacial score (nSPS) is 39.7. The van der Waals surface area contributed by atoms with Crippen molar-refractivity contribution < 1.29 is 15.0 Å². The predicted molar refractivity (Wildman–Crippen MR) is 64.7 cm³/mol. The van der Waals surface area contributed by atoms with Crippen LogP contribution in [0.1, 0.15) is 48.6 Å². The average Bonchev–Trinajstić information content (AvgIpc) is 2.69. The molecule has 0 atom stereocenters. The number of carboxylic acids is 1. The first-order valence-electron chi connectivity index (χ1n) is 7.01. The fourth-order valence-corrected chi connectivity index (χ4v) is 4.98. The van der Waals surface area contributed by atoms with Gasteiger partial charge in [0.05, 0.1) is 6.04 Å². The van der Waals surface area contributed by atoms with E-state index in [1.165, 1.54) is 36.8 Å². The van der Waals surface area contributed by atoms with Gasteiger partial charge in [-0.25, -0.2) is 9.48 Å². The third-order valence-corrected chi connectivity index (χ3v) is 5.34. The number of carbonyl (C=O) groups is 1. The van der Waals surface area contributed by atoms with E-state index in [1.54, 1.807) is 0 Å². The maximum atomic E-state index is 11.3. The van der Waals surface area contributed by atoms with Gasteiger partial charge in [-0.3, -0.25) is 0 Å². The fraction of sp³-hybridized carbons (Fsp3) is 0.769. The summed E-state index contributed by atoms with van der Waals surface area (Å²) in [5.41, 5.74) is -0.141. The second kappa shape index (κ2) is 3.71. The van der Waals surface area contributed by atoms with Gasteiger partial charge in [-0.15, -0.1) is 0 Å². The van der Waals surface area contributed by atoms with E-state index in [1.807, 2.05) is 0 Å². The summed E-state index contributed by atoms with van der Waals surface area (Å²) in [4.78, 5) is 11.3. The largest absolute Gasteiger partial charge is 0.490 e. The second-order valence-corrected chi connectivity index (χ2v) is 6.43. The Labute approximate surface area is 110 Å². The van der Waals surface area contributed by atoms with Gasteiger partial charge in [0.25, 0.3) is 5.88 Å². The Balaban J connectivity index is 1.75. The van der Waals surface area contributed by atoms with Crippen LogP contribution in [0.3, 0.4) is 0 Å². The molecule has 0 unspecified atom stereocenters. The summed E-state index contributed by atoms with van der Waals surface area (Å²) in [5.74, 6) is 1.07. The fourth-order valence-electron chi connectivity index (χ4n) is 4.98. The summed E-state index contributed by atoms with van der Waals surface area (Å²) >= 11 is 0. The minimum atomic E-state index is -1.14. The third-order valence-electron chi connectivity index (χ3n) is 5.34. The van der Waals surface area contributed by atoms with Gasteiger partial charge in [0.15, 0.2) is 0 Å². The van der Waals surface area contributed by atoms with Crippen LogP contribution in [0.2, 0.25) is 0 Å². The Hall–Kier alpha value is -1.59. The number of aromatic hydroxyl groups is 1. The van der Waals surface area contributed by atoms with E-state index in [-0.39, 0.29) is 11.7 Å². The van der Waals surface area contributed by atoms with E-state index in [4.69, 9.17) is 0 Å². The molecule has 4 bridgehead atoms. The van der Waals surface area contributed by atoms with Crippen molar-refractivity contribution in [1.29, 1.82) is 0 Å². The van der Waals surface area contributed by atoms with Crippen LogP contribution in [0.25, 0.3) is 0 Å². The Morgan fingerprint density at radius 2 is 1.68 bits per heavy atom. The molecule has 4 aliphatic carbocycles. The minimum Gasteiger partial charge on any atom is -0.490 e. The smallest absolute Gasteiger partial charge is 0.359 e. The van der Waals surface area contributed by atoms with Crippen molar-refractivity contribution in [3.8, 4) is 5.88 Å². The van der Waals surface area contributed by atoms with Crippen molar-refractivity contribution >= 4 is 5.97 Å². The van der Waals surface area contributed by atoms with E-state index < -0.39 is 11.8 Å². The summed E-state index contributed by atoms with van der Waals surface area (Å²) in [6, 6.07) is 0.118. The van der Waals surface area contributed by atoms with E-state index in [9.17, 15) is 15.0 Å². The standard InChI is InChI=1S/C13H17N3O3/c17-12-11(13(18)19)16(15-14-12)10-8-2-6-1-7(4-8)5-9(10)3-6/h6-10,17H,1-5H2,(H,18,19). The van der Waals surface area contributed by atoms with Crippen LogP contribution in [-0.4, -0.2) is 31.2 Å². The molecular formula is C13H17N3O3. The molecule has 4 saturated carbocycles. The highest BCUT2D eigenvalue weighted by Gasteiger charge is 2.50. The molecule has 4 fully saturated rings. The molecule has 0 aliphatic heterocycles. The van der Waals surface area contributed by atoms with Crippen molar-refractivity contribution in [2.75, 3.05) is 0 Å². The van der Waals surface area contributed by atoms with E-state index in [0.717, 1.165) is 11.8 Å². The van der Waals surface area contributed by atoms with Crippen LogP contribution in [0.4, 0.5) is 0 Å². The molecule has 4 aliphatic rings. The van der Waals surface area contributed by atoms with Gasteiger partial charge in [-0.1, -0.05) is 10.3 Å². The molecule has 0 radical (unpaired) electrons. The lowest BCUT2D eigenvalue weighted by atomic mass is 9.54. The number of hydrogen-bond acceptors (Lipinski definition) is 4. The zero-order valence-electron chi connectivity index (χ0n) is 10.6. The van der Waals surface area contributed by atoms with Gasteiger partial charge < -0.3 is 10.2 Å². The Kier molecular flexibility index (Phi) is 2.20. The molecule has 2 N–H and O–H groups in total. The van der Waals surface area contributed by atoms with Crippen molar-refractivity contribution in [3.63, 3.8) is 0 Å². The minimum absolute atomic E-state index is 0.118. The number of aromatic carboxylic acids is 1. The van der Waals surface area contributed by atoms with Crippen molar-refractivity contribution in [1.82, 2.24) is 15.0 Å². The highest BCUT2D eigenvalue weighted by Crippen LogP contribution is 2.58. The summed E-state index contributed by atoms with van der Waals surface area (Å²) < 4.78 is 1.49. The van der Waals surface area contributed by atoms with Gasteiger partial charge in [0.2, 0.25) is 5.69 Å². The van der Waals surface area contributed by atoms with Crippen LogP contribution in [0.15, 0.2) is 0 Å². The Bertz CT molecular complexity index is 511. The highest BCUT2D eigenvalue weighted by atomic mass is 16.4. The van der Waals surface area contributed by atoms with Crippen LogP contribution < -0.4 is 0 Å². The second-order valence-electron chi connectivity index (χ2n) is 6.43. The van der Waals surface area contributed by atoms with Crippen molar-refractivity contribution in [2.45, 2.75) is 38.1 Å². The molecule has 0 spiro atoms. The SMILES string of the molecule is O=C(O)c1c(O)nnn1C1C2CC3CC(C2)CC1C3. The molecular weight excluding hydrogens is 246 g/mol. The Morgan fingerprint density at radius 1 is 1.11 bits per heavy atom. The molecule has 19 heavy (non-hydrogen) atoms. The lowest BCUT2D eigenvalue weighted by Crippen LogP contribution is -2.46. The molecule has 6 heteroatoms. The first kappa shape index (κ1) is 11.3. The van der Waals surface area contributed by atoms with Gasteiger partial charge in [-0.05, 0) is 55.8 Å². The first-order valence-corrected chi connectivity index (χ1v) is 7.01. The maximum Gasteiger partial charge on any atom is 0.359 e. The number of aromatic nitrogens is 3. The summed E-state index contributed by atoms with van der Waals surface area (Å²) in [6.07, 6.45) is 6.07. The molecule has 1 aromatic rings. The van der Waals surface area contributed by atoms with Gasteiger partial charge >= 0.3 is 5.97 Å². The van der Waals surface area contributed by atoms with Crippen LogP contribution in [-0.2, 0) is 0 Å². The van der Waals surface area contributed by atoms with Crippen LogP contribution >= 0.6 is 0 Å². The number of nitrogens with zero attached hydrogens (tertiary/aromatic N) is 3. The molecule has 1 heterocycles. The molecule has 1 aromatic heterocycles. The van der Waals surface area contributed by atoms with E-state index in [0.29, 0.717) is 11.8 Å². The Morgan fingerprint density at radius 3 is 2.21 bits per heavy atom. The summed E-state index contributed by atoms with van der Waals surface area (Å²) in [7, 11) is 0. The predicted octanol–water partition coefficient (Wildman–Crippen LogP) is 1.68. The zero-order valence-corrected chi connectivity index (χ0v) is 10.6. The summed E-state index contributed by atoms with van der Waals surface area (Å²) in [5, 5.41) is 26.3. The molecule has 6 nitrogen and oxygen atoms in total. The topological polar surface area (TPSA) is 88.2 Å². The molecule has 0 amide bonds. The van der Waals surface area contributed by atoms with Gasteiger partial charge in [0, 0.05) is 0 Å². The lowest BCUT2D eigenvalue weighted by Gasteiger charge is -2.54. The van der Waals surface area contributed by atoms with Gasteiger partial charge in [0.1, 0.15) is 0 Å². The first-order chi connectivity index (χ1) is 9.13. The zero-order chi connectivity index (χ0) is 13.1. The molecule has 0 saturated heterocycles. The monoisotopic (exact) mass is 263 g/mol. The third kappa shape index (κ3) is 1.52. The van der Waals surface area contributed by atoms with E-state index >= 15 is 0 Å². The number of rotatable bonds is 2. The number of carboxylic acid groups (broad SMARTS) is 1. The molecule has 5 rings (SSSR count). The van der Waals surface area contributed by atoms with Crippen LogP contribution in [0.5, 0.6) is 5.88 Å². The molecule has 102 valence electrons.